The molecule has 1 aliphatic rings. The Hall–Kier alpha value is -0.773. The number of carbonyl (C=O) groups is 1. The van der Waals surface area contributed by atoms with Crippen molar-refractivity contribution in [1.29, 1.82) is 0 Å². The topological polar surface area (TPSA) is 29.5 Å². The van der Waals surface area contributed by atoms with Crippen LogP contribution in [0.3, 0.4) is 0 Å². The summed E-state index contributed by atoms with van der Waals surface area (Å²) in [5.74, 6) is 0. The van der Waals surface area contributed by atoms with E-state index in [9.17, 15) is 4.79 Å². The van der Waals surface area contributed by atoms with Crippen LogP contribution < -0.4 is 0 Å². The molecule has 0 aromatic carbocycles. The van der Waals surface area contributed by atoms with Crippen molar-refractivity contribution in [3.05, 3.63) is 11.6 Å². The van der Waals surface area contributed by atoms with E-state index in [-0.39, 0.29) is 23.9 Å². The molecular weight excluding hydrogens is 266 g/mol. The van der Waals surface area contributed by atoms with Crippen molar-refractivity contribution >= 4 is 14.2 Å². The van der Waals surface area contributed by atoms with E-state index in [1.165, 1.54) is 12.0 Å². The standard InChI is InChI=1S/C16H31NO2Si/c1-12(2)17(13(3)4)16(18)19-15(20(5,6)7)14-10-8-9-11-14/h10,12-13,15H,8-9,11H2,1-7H3/t15-/m0/s1. The first-order chi connectivity index (χ1) is 9.14. The summed E-state index contributed by atoms with van der Waals surface area (Å²) >= 11 is 0. The molecular formula is C16H31NO2Si. The maximum atomic E-state index is 12.5. The minimum atomic E-state index is -1.57. The van der Waals surface area contributed by atoms with Crippen LogP contribution in [0.25, 0.3) is 0 Å². The molecule has 0 unspecified atom stereocenters. The second-order valence-corrected chi connectivity index (χ2v) is 12.7. The van der Waals surface area contributed by atoms with Crippen molar-refractivity contribution in [3.8, 4) is 0 Å². The fourth-order valence-corrected chi connectivity index (χ4v) is 4.75. The number of carbonyl (C=O) groups excluding carboxylic acids is 1. The van der Waals surface area contributed by atoms with E-state index in [0.29, 0.717) is 0 Å². The maximum absolute atomic E-state index is 12.5. The van der Waals surface area contributed by atoms with E-state index in [1.54, 1.807) is 0 Å². The lowest BCUT2D eigenvalue weighted by atomic mass is 10.2. The highest BCUT2D eigenvalue weighted by molar-refractivity contribution is 6.78. The van der Waals surface area contributed by atoms with Crippen molar-refractivity contribution in [2.45, 2.75) is 84.4 Å². The molecule has 0 bridgehead atoms. The molecule has 0 radical (unpaired) electrons. The lowest BCUT2D eigenvalue weighted by Gasteiger charge is -2.35. The zero-order valence-electron chi connectivity index (χ0n) is 14.2. The second kappa shape index (κ2) is 6.79. The second-order valence-electron chi connectivity index (χ2n) is 7.40. The molecule has 0 saturated carbocycles. The first-order valence-electron chi connectivity index (χ1n) is 7.82. The van der Waals surface area contributed by atoms with Gasteiger partial charge in [0.2, 0.25) is 0 Å². The van der Waals surface area contributed by atoms with E-state index in [4.69, 9.17) is 4.74 Å². The number of allylic oxidation sites excluding steroid dienone is 1. The first-order valence-corrected chi connectivity index (χ1v) is 11.4. The summed E-state index contributed by atoms with van der Waals surface area (Å²) in [7, 11) is -1.57. The van der Waals surface area contributed by atoms with Gasteiger partial charge in [0.05, 0.1) is 8.07 Å². The number of ether oxygens (including phenoxy) is 1. The van der Waals surface area contributed by atoms with Gasteiger partial charge in [0.15, 0.2) is 0 Å². The van der Waals surface area contributed by atoms with Gasteiger partial charge >= 0.3 is 6.09 Å². The van der Waals surface area contributed by atoms with Crippen molar-refractivity contribution in [2.24, 2.45) is 0 Å². The molecule has 0 spiro atoms. The predicted octanol–water partition coefficient (Wildman–Crippen LogP) is 4.60. The molecule has 0 fully saturated rings. The highest BCUT2D eigenvalue weighted by Crippen LogP contribution is 2.29. The Balaban J connectivity index is 2.87. The molecule has 0 aromatic rings. The van der Waals surface area contributed by atoms with Crippen LogP contribution >= 0.6 is 0 Å². The van der Waals surface area contributed by atoms with Gasteiger partial charge in [-0.15, -0.1) is 0 Å². The molecule has 0 N–H and O–H groups in total. The lowest BCUT2D eigenvalue weighted by molar-refractivity contribution is 0.0738. The fourth-order valence-electron chi connectivity index (χ4n) is 2.92. The van der Waals surface area contributed by atoms with Crippen molar-refractivity contribution in [2.75, 3.05) is 0 Å². The summed E-state index contributed by atoms with van der Waals surface area (Å²) in [6.45, 7) is 15.0. The van der Waals surface area contributed by atoms with Gasteiger partial charge in [0.1, 0.15) is 5.73 Å². The van der Waals surface area contributed by atoms with Crippen molar-refractivity contribution in [1.82, 2.24) is 4.90 Å². The van der Waals surface area contributed by atoms with Gasteiger partial charge < -0.3 is 9.64 Å². The molecule has 116 valence electrons. The monoisotopic (exact) mass is 297 g/mol. The Kier molecular flexibility index (Phi) is 5.87. The van der Waals surface area contributed by atoms with Gasteiger partial charge in [0, 0.05) is 12.1 Å². The Morgan fingerprint density at radius 3 is 2.10 bits per heavy atom. The van der Waals surface area contributed by atoms with Crippen molar-refractivity contribution in [3.63, 3.8) is 0 Å². The number of hydrogen-bond donors (Lipinski definition) is 0. The molecule has 1 atom stereocenters. The normalized spacial score (nSPS) is 17.4. The van der Waals surface area contributed by atoms with Crippen LogP contribution in [0.2, 0.25) is 19.6 Å². The third-order valence-corrected chi connectivity index (χ3v) is 5.80. The molecule has 1 rings (SSSR count). The van der Waals surface area contributed by atoms with Crippen LogP contribution in [-0.2, 0) is 4.74 Å². The largest absolute Gasteiger partial charge is 0.446 e. The van der Waals surface area contributed by atoms with E-state index in [2.05, 4.69) is 25.7 Å². The quantitative estimate of drug-likeness (QED) is 0.548. The fraction of sp³-hybridized carbons (Fsp3) is 0.812. The SMILES string of the molecule is CC(C)N(C(=O)O[C@H](C1=CCCC1)[Si](C)(C)C)C(C)C. The molecule has 0 aliphatic heterocycles. The van der Waals surface area contributed by atoms with Crippen LogP contribution in [0.1, 0.15) is 47.0 Å². The van der Waals surface area contributed by atoms with Gasteiger partial charge in [-0.1, -0.05) is 25.7 Å². The molecule has 0 aromatic heterocycles. The Morgan fingerprint density at radius 1 is 1.20 bits per heavy atom. The summed E-state index contributed by atoms with van der Waals surface area (Å²) in [4.78, 5) is 14.4. The molecule has 4 heteroatoms. The smallest absolute Gasteiger partial charge is 0.410 e. The number of nitrogens with zero attached hydrogens (tertiary/aromatic N) is 1. The number of rotatable bonds is 5. The molecule has 20 heavy (non-hydrogen) atoms. The minimum Gasteiger partial charge on any atom is -0.446 e. The Morgan fingerprint density at radius 2 is 1.75 bits per heavy atom. The third kappa shape index (κ3) is 4.37. The van der Waals surface area contributed by atoms with Crippen LogP contribution in [0.15, 0.2) is 11.6 Å². The molecule has 1 aliphatic carbocycles. The average Bonchev–Trinajstić information content (AvgIpc) is 2.75. The Labute approximate surface area is 125 Å². The number of amides is 1. The van der Waals surface area contributed by atoms with E-state index >= 15 is 0 Å². The maximum Gasteiger partial charge on any atom is 0.410 e. The molecule has 1 amide bonds. The van der Waals surface area contributed by atoms with Gasteiger partial charge in [-0.05, 0) is 52.5 Å². The highest BCUT2D eigenvalue weighted by atomic mass is 28.3. The van der Waals surface area contributed by atoms with E-state index in [0.717, 1.165) is 12.8 Å². The average molecular weight is 298 g/mol. The van der Waals surface area contributed by atoms with Crippen LogP contribution in [-0.4, -0.2) is 36.9 Å². The summed E-state index contributed by atoms with van der Waals surface area (Å²) in [5.41, 5.74) is 1.38. The van der Waals surface area contributed by atoms with E-state index in [1.807, 2.05) is 32.6 Å². The zero-order chi connectivity index (χ0) is 15.5. The predicted molar refractivity (Wildman–Crippen MR) is 87.7 cm³/mol. The number of hydrogen-bond acceptors (Lipinski definition) is 2. The summed E-state index contributed by atoms with van der Waals surface area (Å²) in [6, 6.07) is 0.338. The van der Waals surface area contributed by atoms with Gasteiger partial charge in [0.25, 0.3) is 0 Å². The molecule has 0 heterocycles. The lowest BCUT2D eigenvalue weighted by Crippen LogP contribution is -2.49. The van der Waals surface area contributed by atoms with E-state index < -0.39 is 8.07 Å². The van der Waals surface area contributed by atoms with Gasteiger partial charge in [-0.2, -0.15) is 0 Å². The first kappa shape index (κ1) is 17.3. The molecule has 0 saturated heterocycles. The zero-order valence-corrected chi connectivity index (χ0v) is 15.2. The van der Waals surface area contributed by atoms with Crippen LogP contribution in [0.5, 0.6) is 0 Å². The minimum absolute atomic E-state index is 0.0255. The third-order valence-electron chi connectivity index (χ3n) is 3.74. The van der Waals surface area contributed by atoms with Crippen molar-refractivity contribution < 1.29 is 9.53 Å². The summed E-state index contributed by atoms with van der Waals surface area (Å²) in [6.07, 6.45) is 5.55. The van der Waals surface area contributed by atoms with Crippen LogP contribution in [0, 0.1) is 0 Å². The van der Waals surface area contributed by atoms with Gasteiger partial charge in [-0.25, -0.2) is 4.79 Å². The molecule has 3 nitrogen and oxygen atoms in total. The van der Waals surface area contributed by atoms with Gasteiger partial charge in [-0.3, -0.25) is 0 Å². The Bertz CT molecular complexity index is 361. The highest BCUT2D eigenvalue weighted by Gasteiger charge is 2.36. The summed E-state index contributed by atoms with van der Waals surface area (Å²) < 4.78 is 5.96. The summed E-state index contributed by atoms with van der Waals surface area (Å²) in [5, 5.41) is 0. The van der Waals surface area contributed by atoms with Crippen LogP contribution in [0.4, 0.5) is 4.79 Å².